The Bertz CT molecular complexity index is 1230. The first-order valence-electron chi connectivity index (χ1n) is 10.0. The summed E-state index contributed by atoms with van der Waals surface area (Å²) in [6, 6.07) is 17.9. The van der Waals surface area contributed by atoms with Gasteiger partial charge in [-0.25, -0.2) is 8.42 Å². The van der Waals surface area contributed by atoms with E-state index in [0.717, 1.165) is 9.87 Å². The third-order valence-corrected chi connectivity index (χ3v) is 6.69. The van der Waals surface area contributed by atoms with Gasteiger partial charge in [0.05, 0.1) is 37.6 Å². The number of amides is 1. The number of sulfonamides is 1. The number of carbonyl (C=O) groups excluding carboxylic acids is 1. The highest BCUT2D eigenvalue weighted by atomic mass is 32.2. The first kappa shape index (κ1) is 23.9. The smallest absolute Gasteiger partial charge is 0.264 e. The number of hydrogen-bond donors (Lipinski definition) is 1. The topological polar surface area (TPSA) is 94.2 Å². The highest BCUT2D eigenvalue weighted by molar-refractivity contribution is 7.92. The second-order valence-electron chi connectivity index (χ2n) is 7.11. The number of rotatable bonds is 9. The van der Waals surface area contributed by atoms with Gasteiger partial charge in [-0.05, 0) is 61.0 Å². The molecule has 0 radical (unpaired) electrons. The average Bonchev–Trinajstić information content (AvgIpc) is 2.82. The second kappa shape index (κ2) is 10.3. The van der Waals surface area contributed by atoms with Crippen molar-refractivity contribution in [3.05, 3.63) is 72.3 Å². The van der Waals surface area contributed by atoms with Crippen molar-refractivity contribution >= 4 is 27.3 Å². The third kappa shape index (κ3) is 5.38. The van der Waals surface area contributed by atoms with Crippen molar-refractivity contribution in [3.8, 4) is 17.2 Å². The van der Waals surface area contributed by atoms with Gasteiger partial charge in [-0.15, -0.1) is 0 Å². The molecule has 0 aliphatic rings. The summed E-state index contributed by atoms with van der Waals surface area (Å²) in [7, 11) is 0.312. The fourth-order valence-electron chi connectivity index (χ4n) is 3.25. The third-order valence-electron chi connectivity index (χ3n) is 4.92. The number of anilines is 2. The maximum Gasteiger partial charge on any atom is 0.264 e. The lowest BCUT2D eigenvalue weighted by atomic mass is 10.2. The van der Waals surface area contributed by atoms with Gasteiger partial charge in [0.25, 0.3) is 10.0 Å². The van der Waals surface area contributed by atoms with E-state index in [4.69, 9.17) is 14.2 Å². The van der Waals surface area contributed by atoms with Crippen molar-refractivity contribution < 1.29 is 27.4 Å². The summed E-state index contributed by atoms with van der Waals surface area (Å²) in [5, 5.41) is 2.75. The highest BCUT2D eigenvalue weighted by Gasteiger charge is 2.29. The van der Waals surface area contributed by atoms with Gasteiger partial charge < -0.3 is 19.5 Å². The average molecular weight is 471 g/mol. The Balaban J connectivity index is 2.00. The van der Waals surface area contributed by atoms with Crippen LogP contribution in [-0.4, -0.2) is 42.2 Å². The minimum Gasteiger partial charge on any atom is -0.497 e. The largest absolute Gasteiger partial charge is 0.497 e. The van der Waals surface area contributed by atoms with Crippen LogP contribution in [0.25, 0.3) is 0 Å². The first-order chi connectivity index (χ1) is 15.8. The molecule has 0 spiro atoms. The van der Waals surface area contributed by atoms with Crippen LogP contribution in [0.15, 0.2) is 71.6 Å². The molecule has 0 saturated carbocycles. The monoisotopic (exact) mass is 470 g/mol. The molecule has 3 rings (SSSR count). The fourth-order valence-corrected chi connectivity index (χ4v) is 4.68. The SMILES string of the molecule is COc1ccc(S(=O)(=O)N(CC(=O)Nc2cc(C)ccc2OC)c2ccccc2OC)cc1. The van der Waals surface area contributed by atoms with Crippen LogP contribution in [-0.2, 0) is 14.8 Å². The first-order valence-corrected chi connectivity index (χ1v) is 11.5. The van der Waals surface area contributed by atoms with Gasteiger partial charge in [-0.3, -0.25) is 9.10 Å². The van der Waals surface area contributed by atoms with Crippen LogP contribution in [0.3, 0.4) is 0 Å². The van der Waals surface area contributed by atoms with Crippen LogP contribution in [0, 0.1) is 6.92 Å². The molecule has 1 amide bonds. The van der Waals surface area contributed by atoms with E-state index >= 15 is 0 Å². The lowest BCUT2D eigenvalue weighted by Crippen LogP contribution is -2.38. The molecule has 0 unspecified atom stereocenters. The standard InChI is InChI=1S/C24H26N2O6S/c1-17-9-14-22(31-3)20(15-17)25-24(27)16-26(21-7-5-6-8-23(21)32-4)33(28,29)19-12-10-18(30-2)11-13-19/h5-15H,16H2,1-4H3,(H,25,27). The Morgan fingerprint density at radius 1 is 0.879 bits per heavy atom. The fraction of sp³-hybridized carbons (Fsp3) is 0.208. The zero-order valence-corrected chi connectivity index (χ0v) is 19.7. The van der Waals surface area contributed by atoms with Gasteiger partial charge in [0.2, 0.25) is 5.91 Å². The summed E-state index contributed by atoms with van der Waals surface area (Å²) in [6.45, 7) is 1.40. The minimum absolute atomic E-state index is 0.00939. The molecule has 0 aliphatic carbocycles. The molecule has 8 nitrogen and oxygen atoms in total. The molecule has 174 valence electrons. The summed E-state index contributed by atoms with van der Waals surface area (Å²) in [5.41, 5.74) is 1.60. The van der Waals surface area contributed by atoms with Crippen LogP contribution in [0.4, 0.5) is 11.4 Å². The molecule has 1 N–H and O–H groups in total. The van der Waals surface area contributed by atoms with Gasteiger partial charge >= 0.3 is 0 Å². The number of hydrogen-bond acceptors (Lipinski definition) is 6. The van der Waals surface area contributed by atoms with Gasteiger partial charge in [0, 0.05) is 0 Å². The molecule has 0 saturated heterocycles. The van der Waals surface area contributed by atoms with Gasteiger partial charge in [-0.1, -0.05) is 18.2 Å². The zero-order chi connectivity index (χ0) is 24.0. The lowest BCUT2D eigenvalue weighted by molar-refractivity contribution is -0.114. The van der Waals surface area contributed by atoms with Crippen LogP contribution in [0.1, 0.15) is 5.56 Å². The van der Waals surface area contributed by atoms with Gasteiger partial charge in [0.1, 0.15) is 23.8 Å². The highest BCUT2D eigenvalue weighted by Crippen LogP contribution is 2.33. The molecule has 9 heteroatoms. The number of carbonyl (C=O) groups is 1. The predicted molar refractivity (Wildman–Crippen MR) is 127 cm³/mol. The number of nitrogens with one attached hydrogen (secondary N) is 1. The van der Waals surface area contributed by atoms with Gasteiger partial charge in [0.15, 0.2) is 0 Å². The number of aryl methyl sites for hydroxylation is 1. The number of ether oxygens (including phenoxy) is 3. The number of nitrogens with zero attached hydrogens (tertiary/aromatic N) is 1. The van der Waals surface area contributed by atoms with Crippen LogP contribution in [0.2, 0.25) is 0 Å². The zero-order valence-electron chi connectivity index (χ0n) is 18.9. The molecule has 0 aliphatic heterocycles. The van der Waals surface area contributed by atoms with E-state index < -0.39 is 22.5 Å². The Kier molecular flexibility index (Phi) is 7.44. The molecule has 3 aromatic carbocycles. The van der Waals surface area contributed by atoms with Crippen molar-refractivity contribution in [2.75, 3.05) is 37.5 Å². The van der Waals surface area contributed by atoms with E-state index in [1.807, 2.05) is 13.0 Å². The molecule has 0 atom stereocenters. The Morgan fingerprint density at radius 3 is 2.18 bits per heavy atom. The van der Waals surface area contributed by atoms with Gasteiger partial charge in [-0.2, -0.15) is 0 Å². The predicted octanol–water partition coefficient (Wildman–Crippen LogP) is 3.85. The Labute approximate surface area is 193 Å². The molecule has 3 aromatic rings. The van der Waals surface area contributed by atoms with E-state index in [9.17, 15) is 13.2 Å². The summed E-state index contributed by atoms with van der Waals surface area (Å²) < 4.78 is 44.0. The van der Waals surface area contributed by atoms with Crippen LogP contribution in [0.5, 0.6) is 17.2 Å². The van der Waals surface area contributed by atoms with Crippen molar-refractivity contribution in [2.45, 2.75) is 11.8 Å². The lowest BCUT2D eigenvalue weighted by Gasteiger charge is -2.26. The molecular weight excluding hydrogens is 444 g/mol. The number of methoxy groups -OCH3 is 3. The Hall–Kier alpha value is -3.72. The van der Waals surface area contributed by atoms with Crippen molar-refractivity contribution in [3.63, 3.8) is 0 Å². The summed E-state index contributed by atoms with van der Waals surface area (Å²) in [6.07, 6.45) is 0. The van der Waals surface area contributed by atoms with E-state index in [1.54, 1.807) is 48.5 Å². The molecule has 0 fully saturated rings. The van der Waals surface area contributed by atoms with E-state index in [-0.39, 0.29) is 10.6 Å². The summed E-state index contributed by atoms with van der Waals surface area (Å²) >= 11 is 0. The second-order valence-corrected chi connectivity index (χ2v) is 8.97. The number of benzene rings is 3. The minimum atomic E-state index is -4.12. The molecule has 0 bridgehead atoms. The quantitative estimate of drug-likeness (QED) is 0.511. The summed E-state index contributed by atoms with van der Waals surface area (Å²) in [4.78, 5) is 13.0. The maximum absolute atomic E-state index is 13.6. The summed E-state index contributed by atoms with van der Waals surface area (Å²) in [5.74, 6) is 0.760. The van der Waals surface area contributed by atoms with Crippen molar-refractivity contribution in [1.29, 1.82) is 0 Å². The molecule has 33 heavy (non-hydrogen) atoms. The molecule has 0 heterocycles. The number of para-hydroxylation sites is 2. The van der Waals surface area contributed by atoms with E-state index in [1.165, 1.54) is 33.5 Å². The van der Waals surface area contributed by atoms with Crippen LogP contribution < -0.4 is 23.8 Å². The van der Waals surface area contributed by atoms with E-state index in [0.29, 0.717) is 22.9 Å². The normalized spacial score (nSPS) is 10.9. The van der Waals surface area contributed by atoms with Crippen LogP contribution >= 0.6 is 0 Å². The molecular formula is C24H26N2O6S. The molecule has 0 aromatic heterocycles. The van der Waals surface area contributed by atoms with E-state index in [2.05, 4.69) is 5.32 Å². The van der Waals surface area contributed by atoms with Crippen molar-refractivity contribution in [1.82, 2.24) is 0 Å². The Morgan fingerprint density at radius 2 is 1.55 bits per heavy atom. The van der Waals surface area contributed by atoms with Crippen molar-refractivity contribution in [2.24, 2.45) is 0 Å². The maximum atomic E-state index is 13.6.